The lowest BCUT2D eigenvalue weighted by Gasteiger charge is -2.62. The van der Waals surface area contributed by atoms with Gasteiger partial charge in [-0.15, -0.1) is 0 Å². The Hall–Kier alpha value is -2.74. The maximum absolute atomic E-state index is 17.2. The molecule has 0 spiro atoms. The second-order valence-corrected chi connectivity index (χ2v) is 29.5. The molecule has 16 atom stereocenters. The Kier molecular flexibility index (Phi) is 20.1. The van der Waals surface area contributed by atoms with Crippen molar-refractivity contribution in [3.05, 3.63) is 47.6 Å². The first-order chi connectivity index (χ1) is 37.8. The predicted octanol–water partition coefficient (Wildman–Crippen LogP) is 8.12. The molecule has 6 saturated carbocycles. The third-order valence-electron chi connectivity index (χ3n) is 19.9. The summed E-state index contributed by atoms with van der Waals surface area (Å²) in [7, 11) is -13.3. The van der Waals surface area contributed by atoms with Gasteiger partial charge < -0.3 is 48.4 Å². The van der Waals surface area contributed by atoms with E-state index in [9.17, 15) is 75.4 Å². The summed E-state index contributed by atoms with van der Waals surface area (Å²) >= 11 is 0. The second kappa shape index (κ2) is 24.1. The summed E-state index contributed by atoms with van der Waals surface area (Å²) in [5.41, 5.74) is -16.2. The van der Waals surface area contributed by atoms with Crippen LogP contribution in [0.25, 0.3) is 0 Å². The van der Waals surface area contributed by atoms with Crippen molar-refractivity contribution in [2.24, 2.45) is 57.2 Å². The van der Waals surface area contributed by atoms with Gasteiger partial charge >= 0.3 is 30.8 Å². The third-order valence-corrected chi connectivity index (χ3v) is 24.6. The number of Topliss-reactive ketones (excluding diaryl/α,β-unsaturated/α-hetero) is 2. The van der Waals surface area contributed by atoms with Crippen LogP contribution in [0.1, 0.15) is 121 Å². The average molecular weight is 1240 g/mol. The van der Waals surface area contributed by atoms with E-state index in [1.807, 2.05) is 0 Å². The van der Waals surface area contributed by atoms with E-state index in [0.717, 1.165) is 0 Å². The van der Waals surface area contributed by atoms with Gasteiger partial charge in [-0.3, -0.25) is 32.5 Å². The monoisotopic (exact) mass is 1230 g/mol. The third kappa shape index (κ3) is 11.0. The first-order valence-electron chi connectivity index (χ1n) is 27.8. The highest BCUT2D eigenvalue weighted by Gasteiger charge is 2.77. The number of hydrogen-bond donors (Lipinski definition) is 5. The number of rotatable bonds is 18. The molecule has 6 fully saturated rings. The topological polar surface area (TPSA) is 293 Å². The quantitative estimate of drug-likeness (QED) is 0.0375. The zero-order valence-corrected chi connectivity index (χ0v) is 50.6. The van der Waals surface area contributed by atoms with Crippen LogP contribution in [-0.2, 0) is 65.4 Å². The van der Waals surface area contributed by atoms with Crippen molar-refractivity contribution in [2.45, 2.75) is 161 Å². The maximum atomic E-state index is 17.2. The summed E-state index contributed by atoms with van der Waals surface area (Å²) in [6.45, 7) is 15.5. The van der Waals surface area contributed by atoms with E-state index < -0.39 is 148 Å². The van der Waals surface area contributed by atoms with Gasteiger partial charge in [0.25, 0.3) is 0 Å². The molecule has 5 N–H and O–H groups in total. The lowest BCUT2D eigenvalue weighted by molar-refractivity contribution is -0.219. The Morgan fingerprint density at radius 3 is 1.38 bits per heavy atom. The van der Waals surface area contributed by atoms with Crippen LogP contribution in [-0.4, -0.2) is 150 Å². The predicted molar refractivity (Wildman–Crippen MR) is 286 cm³/mol. The number of alkyl halides is 5. The molecule has 27 heteroatoms. The van der Waals surface area contributed by atoms with Crippen molar-refractivity contribution in [2.75, 3.05) is 52.3 Å². The minimum absolute atomic E-state index is 0.0676. The first-order valence-corrected chi connectivity index (χ1v) is 32.7. The second-order valence-electron chi connectivity index (χ2n) is 23.9. The number of hydrogen-bond acceptors (Lipinski definition) is 19. The summed E-state index contributed by atoms with van der Waals surface area (Å²) in [6.07, 6.45) is 6.91. The number of fused-ring (bicyclic) bond motifs is 10. The van der Waals surface area contributed by atoms with Gasteiger partial charge in [-0.05, 0) is 141 Å². The van der Waals surface area contributed by atoms with E-state index >= 15 is 8.78 Å². The molecule has 0 amide bonds. The van der Waals surface area contributed by atoms with E-state index in [1.54, 1.807) is 67.5 Å². The molecular formula is C55H81F5O19P2S. The standard InChI is InChI=1S/C27H40FO8P.C22H29FO5.C6H12F3O6PS/c1-6-35-37(33,36-7-2)16-34-15-23(31)27(32)17(3)12-21-20-9-8-18-13-19(29)10-11-24(18,4)26(20,28)22(30)14-25(21,27)5;1-12-8-16-15-5-4-13-9-14(25)6-7-19(13,2)21(15,23)17(26)10-20(16,3)22(12,28)18(27)11-24;1-3-13-16(10,14-4-2)5-15-17(11,12)6(7,8)9/h10-11,13,17,20-22,30,32H,6-9,12,14-16H2,1-5H3;6-7,9,12,15-17,24,26,28H,4-5,8,10-11H2,1-3H3;3-5H2,1-2H3/t17-,20+,21+,22+,24+,25+,26+,27+;12-,15+,16+,17+,19+,20+,21+,22+;/m11./s1. The van der Waals surface area contributed by atoms with Crippen LogP contribution in [0.5, 0.6) is 0 Å². The fourth-order valence-corrected chi connectivity index (χ4v) is 19.5. The highest BCUT2D eigenvalue weighted by molar-refractivity contribution is 7.87. The van der Waals surface area contributed by atoms with Crippen molar-refractivity contribution in [1.82, 2.24) is 0 Å². The summed E-state index contributed by atoms with van der Waals surface area (Å²) in [5, 5.41) is 55.3. The van der Waals surface area contributed by atoms with Crippen molar-refractivity contribution in [3.63, 3.8) is 0 Å². The smallest absolute Gasteiger partial charge is 0.390 e. The molecule has 8 aliphatic carbocycles. The van der Waals surface area contributed by atoms with Crippen molar-refractivity contribution in [3.8, 4) is 0 Å². The minimum Gasteiger partial charge on any atom is -0.390 e. The molecule has 466 valence electrons. The van der Waals surface area contributed by atoms with E-state index in [0.29, 0.717) is 49.7 Å². The number of allylic oxidation sites excluding steroid dienone is 8. The van der Waals surface area contributed by atoms with Crippen LogP contribution >= 0.6 is 15.2 Å². The molecule has 0 heterocycles. The summed E-state index contributed by atoms with van der Waals surface area (Å²) in [4.78, 5) is 49.9. The van der Waals surface area contributed by atoms with Crippen LogP contribution < -0.4 is 0 Å². The average Bonchev–Trinajstić information content (AvgIpc) is 1.41. The Labute approximate surface area is 476 Å². The number of carbonyl (C=O) groups is 4. The van der Waals surface area contributed by atoms with Crippen LogP contribution in [0.15, 0.2) is 47.6 Å². The normalized spacial score (nSPS) is 40.3. The molecule has 82 heavy (non-hydrogen) atoms. The first kappa shape index (κ1) is 68.4. The molecular weight excluding hydrogens is 1150 g/mol. The zero-order chi connectivity index (χ0) is 61.9. The number of aliphatic hydroxyl groups excluding tert-OH is 3. The molecule has 8 rings (SSSR count). The molecule has 0 saturated heterocycles. The molecule has 0 radical (unpaired) electrons. The van der Waals surface area contributed by atoms with Crippen molar-refractivity contribution >= 4 is 48.4 Å². The fourth-order valence-electron chi connectivity index (χ4n) is 16.0. The van der Waals surface area contributed by atoms with Gasteiger partial charge in [0, 0.05) is 33.5 Å². The Balaban J connectivity index is 0.000000212. The largest absolute Gasteiger partial charge is 0.523 e. The maximum Gasteiger partial charge on any atom is 0.523 e. The molecule has 0 aromatic rings. The summed E-state index contributed by atoms with van der Waals surface area (Å²) in [5.74, 6) is -4.38. The van der Waals surface area contributed by atoms with Gasteiger partial charge in [0.05, 0.1) is 38.6 Å². The number of ketones is 4. The van der Waals surface area contributed by atoms with Crippen molar-refractivity contribution < 1.29 is 111 Å². The molecule has 19 nitrogen and oxygen atoms in total. The van der Waals surface area contributed by atoms with E-state index in [4.69, 9.17) is 13.8 Å². The Morgan fingerprint density at radius 1 is 0.659 bits per heavy atom. The zero-order valence-electron chi connectivity index (χ0n) is 48.0. The Bertz CT molecular complexity index is 2790. The van der Waals surface area contributed by atoms with E-state index in [1.165, 1.54) is 38.2 Å². The molecule has 0 unspecified atom stereocenters. The van der Waals surface area contributed by atoms with Crippen molar-refractivity contribution in [1.29, 1.82) is 0 Å². The molecule has 0 bridgehead atoms. The fraction of sp³-hybridized carbons (Fsp3) is 0.782. The minimum atomic E-state index is -5.80. The lowest BCUT2D eigenvalue weighted by atomic mass is 9.44. The van der Waals surface area contributed by atoms with Gasteiger partial charge in [0.2, 0.25) is 0 Å². The van der Waals surface area contributed by atoms with Gasteiger partial charge in [0.1, 0.15) is 30.8 Å². The number of halogens is 5. The van der Waals surface area contributed by atoms with Crippen LogP contribution in [0.3, 0.4) is 0 Å². The summed E-state index contributed by atoms with van der Waals surface area (Å²) < 4.78 is 144. The highest BCUT2D eigenvalue weighted by Crippen LogP contribution is 2.73. The lowest BCUT2D eigenvalue weighted by Crippen LogP contribution is -2.69. The van der Waals surface area contributed by atoms with Gasteiger partial charge in [-0.1, -0.05) is 51.0 Å². The molecule has 8 aliphatic rings. The molecule has 0 aromatic carbocycles. The molecule has 0 aromatic heterocycles. The van der Waals surface area contributed by atoms with Crippen LogP contribution in [0.4, 0.5) is 22.0 Å². The highest BCUT2D eigenvalue weighted by atomic mass is 32.2. The Morgan fingerprint density at radius 2 is 1.02 bits per heavy atom. The summed E-state index contributed by atoms with van der Waals surface area (Å²) in [6, 6.07) is 0. The van der Waals surface area contributed by atoms with Gasteiger partial charge in [-0.25, -0.2) is 8.78 Å². The van der Waals surface area contributed by atoms with E-state index in [2.05, 4.69) is 13.2 Å². The SMILES string of the molecule is CCOP(=O)(COCC(=O)[C@@]1(O)[C@H](C)C[C@H]2[C@@H]3CCC4=CC(=O)C=C[C@]4(C)[C@@]3(F)[C@@H](O)C[C@@]21C)OCC.CCOP(=O)(COS(=O)(=O)C(F)(F)F)OCC.C[C@@H]1C[C@H]2[C@@H]3CCC4=CC(=O)C=C[C@]4(C)[C@@]3(F)[C@@H](O)C[C@]2(C)[C@@]1(O)C(=O)CO. The van der Waals surface area contributed by atoms with Gasteiger partial charge in [0.15, 0.2) is 40.8 Å². The number of ether oxygens (including phenoxy) is 1. The molecule has 0 aliphatic heterocycles. The number of aliphatic hydroxyl groups is 5. The van der Waals surface area contributed by atoms with Crippen LogP contribution in [0.2, 0.25) is 0 Å². The van der Waals surface area contributed by atoms with E-state index in [-0.39, 0.29) is 62.7 Å². The van der Waals surface area contributed by atoms with Crippen LogP contribution in [0, 0.1) is 57.2 Å². The van der Waals surface area contributed by atoms with Gasteiger partial charge in [-0.2, -0.15) is 21.6 Å². The number of carbonyl (C=O) groups excluding carboxylic acids is 4.